The lowest BCUT2D eigenvalue weighted by molar-refractivity contribution is -0.167. The Morgan fingerprint density at radius 1 is 0.300 bits per heavy atom. The Labute approximate surface area is 531 Å². The van der Waals surface area contributed by atoms with Crippen molar-refractivity contribution in [3.05, 3.63) is 0 Å². The smallest absolute Gasteiger partial charge is 0.332 e. The number of aliphatic hydroxyl groups is 1. The number of nitrogens with one attached hydrogen (secondary N) is 6. The van der Waals surface area contributed by atoms with Crippen molar-refractivity contribution in [1.29, 1.82) is 0 Å². The van der Waals surface area contributed by atoms with Gasteiger partial charge in [-0.15, -0.1) is 0 Å². The van der Waals surface area contributed by atoms with E-state index in [0.29, 0.717) is 12.8 Å². The van der Waals surface area contributed by atoms with Crippen LogP contribution in [0.1, 0.15) is 213 Å². The molecule has 0 aromatic carbocycles. The standard InChI is InChI=1S/C65H106N6O19/c1-33(2)48-60(79)85-39(12)54(73)66-52(37(9)10)64(83)89-46(31-43-26-20-16-21-27-43)58(77)69-50(35(5)6)62(81)87-41(14)56(75)71-53(38(11)72)65(84)90-47(32-44-28-22-17-23-29-44)59(78)70-49(34(3)4)61(80)86-40(13)55(74)67-51(36(7)8)63(82)88-45(57(76)68-48)30-42-24-18-15-19-25-42/h33-53,72H,15-32H2,1-14H3,(H,66,73)(H,67,74)(H,68,76)(H,69,77)(H,70,78)(H,71,75)/t38-,39+,40+,41+,45-,46-,47-,48-,49-,50-,51+,52+,53+/m1/s1. The quantitative estimate of drug-likeness (QED) is 0.0997. The van der Waals surface area contributed by atoms with Crippen LogP contribution in [0.3, 0.4) is 0 Å². The summed E-state index contributed by atoms with van der Waals surface area (Å²) in [4.78, 5) is 170. The number of carbonyl (C=O) groups excluding carboxylic acids is 12. The third-order valence-corrected chi connectivity index (χ3v) is 17.6. The fraction of sp³-hybridized carbons (Fsp3) is 0.815. The van der Waals surface area contributed by atoms with Crippen LogP contribution in [0.5, 0.6) is 0 Å². The number of hydrogen-bond acceptors (Lipinski definition) is 19. The molecular formula is C65H106N6O19. The highest BCUT2D eigenvalue weighted by Gasteiger charge is 2.42. The van der Waals surface area contributed by atoms with Gasteiger partial charge in [0.15, 0.2) is 42.7 Å². The Hall–Kier alpha value is -6.40. The van der Waals surface area contributed by atoms with Gasteiger partial charge in [0.2, 0.25) is 0 Å². The zero-order valence-electron chi connectivity index (χ0n) is 55.6. The lowest BCUT2D eigenvalue weighted by Gasteiger charge is -2.31. The molecule has 0 radical (unpaired) electrons. The molecule has 0 unspecified atom stereocenters. The van der Waals surface area contributed by atoms with E-state index in [1.807, 2.05) is 0 Å². The molecule has 7 N–H and O–H groups in total. The maximum absolute atomic E-state index is 14.4. The van der Waals surface area contributed by atoms with Crippen LogP contribution < -0.4 is 31.9 Å². The van der Waals surface area contributed by atoms with Crippen LogP contribution in [0.15, 0.2) is 0 Å². The first-order valence-electron chi connectivity index (χ1n) is 33.0. The van der Waals surface area contributed by atoms with Crippen LogP contribution in [0.4, 0.5) is 0 Å². The van der Waals surface area contributed by atoms with Crippen molar-refractivity contribution in [2.24, 2.45) is 47.3 Å². The lowest BCUT2D eigenvalue weighted by atomic mass is 9.85. The largest absolute Gasteiger partial charge is 0.451 e. The van der Waals surface area contributed by atoms with Gasteiger partial charge < -0.3 is 65.4 Å². The first-order valence-corrected chi connectivity index (χ1v) is 33.0. The predicted octanol–water partition coefficient (Wildman–Crippen LogP) is 5.01. The molecule has 0 bridgehead atoms. The number of carbonyl (C=O) groups is 12. The van der Waals surface area contributed by atoms with Crippen molar-refractivity contribution in [2.45, 2.75) is 291 Å². The molecule has 3 saturated carbocycles. The van der Waals surface area contributed by atoms with Crippen molar-refractivity contribution in [2.75, 3.05) is 0 Å². The Morgan fingerprint density at radius 3 is 0.700 bits per heavy atom. The minimum Gasteiger partial charge on any atom is -0.451 e. The molecule has 4 fully saturated rings. The summed E-state index contributed by atoms with van der Waals surface area (Å²) in [7, 11) is 0. The Kier molecular flexibility index (Phi) is 30.9. The molecule has 0 aromatic heterocycles. The lowest BCUT2D eigenvalue weighted by Crippen LogP contribution is -2.56. The molecule has 4 aliphatic rings. The van der Waals surface area contributed by atoms with Crippen molar-refractivity contribution in [3.63, 3.8) is 0 Å². The van der Waals surface area contributed by atoms with Gasteiger partial charge >= 0.3 is 35.8 Å². The number of amides is 6. The SMILES string of the molecule is CC(C)[C@@H]1NC(=O)[C@H](C)OC(=O)[C@@H](C(C)C)NC(=O)[C@@H](CC2CCCCC2)OC(=O)[C@H]([C@@H](C)O)NC(=O)[C@H](C)OC(=O)[C@@H](C(C)C)NC(=O)[C@@H](CC2CCCCC2)OC(=O)[C@H](C(C)C)NC(=O)[C@H](C)OC(=O)[C@@H](C(C)C)NC(=O)[C@@H](CC2CCCCC2)OC1=O. The summed E-state index contributed by atoms with van der Waals surface area (Å²) in [5.41, 5.74) is 0. The highest BCUT2D eigenvalue weighted by atomic mass is 16.6. The normalized spacial score (nSPS) is 30.4. The summed E-state index contributed by atoms with van der Waals surface area (Å²) in [6.07, 6.45) is 1.59. The van der Waals surface area contributed by atoms with E-state index < -0.39 is 180 Å². The first kappa shape index (κ1) is 76.1. The minimum atomic E-state index is -1.82. The molecule has 1 saturated heterocycles. The average molecular weight is 1280 g/mol. The summed E-state index contributed by atoms with van der Waals surface area (Å²) in [6, 6.07) is -8.84. The van der Waals surface area contributed by atoms with E-state index in [1.54, 1.807) is 69.2 Å². The van der Waals surface area contributed by atoms with Gasteiger partial charge in [-0.3, -0.25) is 28.8 Å². The van der Waals surface area contributed by atoms with Gasteiger partial charge in [0.05, 0.1) is 6.10 Å². The van der Waals surface area contributed by atoms with Gasteiger partial charge in [-0.1, -0.05) is 166 Å². The van der Waals surface area contributed by atoms with Gasteiger partial charge in [0.25, 0.3) is 35.4 Å². The monoisotopic (exact) mass is 1270 g/mol. The van der Waals surface area contributed by atoms with Gasteiger partial charge in [-0.05, 0) is 94.3 Å². The summed E-state index contributed by atoms with van der Waals surface area (Å²) in [5, 5.41) is 26.4. The number of cyclic esters (lactones) is 6. The number of aliphatic hydroxyl groups excluding tert-OH is 1. The molecule has 0 aromatic rings. The maximum atomic E-state index is 14.4. The third kappa shape index (κ3) is 23.7. The van der Waals surface area contributed by atoms with Crippen molar-refractivity contribution < 1.29 is 91.1 Å². The second-order valence-electron chi connectivity index (χ2n) is 27.1. The fourth-order valence-corrected chi connectivity index (χ4v) is 11.8. The molecular weight excluding hydrogens is 1170 g/mol. The predicted molar refractivity (Wildman–Crippen MR) is 327 cm³/mol. The van der Waals surface area contributed by atoms with Gasteiger partial charge in [0, 0.05) is 0 Å². The topological polar surface area (TPSA) is 353 Å². The van der Waals surface area contributed by atoms with E-state index in [-0.39, 0.29) is 37.0 Å². The number of hydrogen-bond donors (Lipinski definition) is 7. The van der Waals surface area contributed by atoms with Crippen molar-refractivity contribution in [1.82, 2.24) is 31.9 Å². The second kappa shape index (κ2) is 36.6. The van der Waals surface area contributed by atoms with Gasteiger partial charge in [0.1, 0.15) is 30.2 Å². The summed E-state index contributed by atoms with van der Waals surface area (Å²) < 4.78 is 34.6. The molecule has 1 aliphatic heterocycles. The minimum absolute atomic E-state index is 0.00260. The third-order valence-electron chi connectivity index (χ3n) is 17.6. The molecule has 25 heteroatoms. The zero-order valence-corrected chi connectivity index (χ0v) is 55.6. The molecule has 25 nitrogen and oxygen atoms in total. The van der Waals surface area contributed by atoms with Crippen molar-refractivity contribution >= 4 is 71.3 Å². The Bertz CT molecular complexity index is 2170. The van der Waals surface area contributed by atoms with E-state index in [4.69, 9.17) is 28.4 Å². The Morgan fingerprint density at radius 2 is 0.489 bits per heavy atom. The molecule has 13 atom stereocenters. The van der Waals surface area contributed by atoms with Crippen LogP contribution in [0, 0.1) is 47.3 Å². The first-order chi connectivity index (χ1) is 42.3. The summed E-state index contributed by atoms with van der Waals surface area (Å²) in [6.45, 7) is 21.1. The number of ether oxygens (including phenoxy) is 6. The van der Waals surface area contributed by atoms with E-state index in [1.165, 1.54) is 27.7 Å². The van der Waals surface area contributed by atoms with E-state index in [2.05, 4.69) is 31.9 Å². The van der Waals surface area contributed by atoms with Gasteiger partial charge in [-0.2, -0.15) is 0 Å². The highest BCUT2D eigenvalue weighted by Crippen LogP contribution is 2.32. The number of rotatable bonds is 12. The van der Waals surface area contributed by atoms with Gasteiger partial charge in [-0.25, -0.2) is 28.8 Å². The van der Waals surface area contributed by atoms with Crippen LogP contribution >= 0.6 is 0 Å². The molecule has 3 aliphatic carbocycles. The summed E-state index contributed by atoms with van der Waals surface area (Å²) >= 11 is 0. The summed E-state index contributed by atoms with van der Waals surface area (Å²) in [5.74, 6) is -15.4. The van der Waals surface area contributed by atoms with Crippen LogP contribution in [-0.4, -0.2) is 155 Å². The fourth-order valence-electron chi connectivity index (χ4n) is 11.8. The van der Waals surface area contributed by atoms with E-state index in [9.17, 15) is 62.6 Å². The molecule has 90 heavy (non-hydrogen) atoms. The molecule has 1 heterocycles. The Balaban J connectivity index is 1.76. The zero-order chi connectivity index (χ0) is 67.3. The highest BCUT2D eigenvalue weighted by molar-refractivity contribution is 5.96. The van der Waals surface area contributed by atoms with Crippen molar-refractivity contribution in [3.8, 4) is 0 Å². The molecule has 0 spiro atoms. The number of esters is 6. The maximum Gasteiger partial charge on any atom is 0.332 e. The molecule has 6 amide bonds. The van der Waals surface area contributed by atoms with Crippen LogP contribution in [-0.2, 0) is 86.0 Å². The van der Waals surface area contributed by atoms with Crippen LogP contribution in [0.25, 0.3) is 0 Å². The molecule has 4 rings (SSSR count). The van der Waals surface area contributed by atoms with E-state index in [0.717, 1.165) is 83.5 Å². The molecule has 510 valence electrons. The van der Waals surface area contributed by atoms with E-state index >= 15 is 0 Å². The van der Waals surface area contributed by atoms with Crippen LogP contribution in [0.2, 0.25) is 0 Å². The second-order valence-corrected chi connectivity index (χ2v) is 27.1. The average Bonchev–Trinajstić information content (AvgIpc) is 1.44.